The number of nitrogens with one attached hydrogen (secondary N) is 1. The average molecular weight is 286 g/mol. The maximum absolute atomic E-state index is 12.1. The van der Waals surface area contributed by atoms with Gasteiger partial charge in [-0.2, -0.15) is 0 Å². The fourth-order valence-corrected chi connectivity index (χ4v) is 1.98. The molecule has 21 heavy (non-hydrogen) atoms. The zero-order valence-electron chi connectivity index (χ0n) is 11.5. The highest BCUT2D eigenvalue weighted by Crippen LogP contribution is 2.25. The van der Waals surface area contributed by atoms with Gasteiger partial charge < -0.3 is 21.3 Å². The van der Waals surface area contributed by atoms with E-state index in [1.165, 1.54) is 18.2 Å². The van der Waals surface area contributed by atoms with E-state index in [9.17, 15) is 15.0 Å². The van der Waals surface area contributed by atoms with Crippen LogP contribution in [0.25, 0.3) is 0 Å². The Morgan fingerprint density at radius 1 is 1.10 bits per heavy atom. The van der Waals surface area contributed by atoms with Crippen LogP contribution in [0.15, 0.2) is 42.5 Å². The molecule has 2 aromatic carbocycles. The molecule has 0 saturated carbocycles. The summed E-state index contributed by atoms with van der Waals surface area (Å²) in [5.74, 6) is -0.920. The highest BCUT2D eigenvalue weighted by Gasteiger charge is 2.09. The molecule has 0 heterocycles. The summed E-state index contributed by atoms with van der Waals surface area (Å²) in [4.78, 5) is 12.1. The minimum atomic E-state index is -0.346. The summed E-state index contributed by atoms with van der Waals surface area (Å²) in [6, 6.07) is 11.5. The SMILES string of the molecule is NCCCc1cccc(NC(=O)c2ccc(O)c(O)c2)c1. The lowest BCUT2D eigenvalue weighted by atomic mass is 10.1. The molecule has 2 aromatic rings. The Kier molecular flexibility index (Phi) is 4.79. The number of hydrogen-bond donors (Lipinski definition) is 4. The standard InChI is InChI=1S/C16H18N2O3/c17-8-2-4-11-3-1-5-13(9-11)18-16(21)12-6-7-14(19)15(20)10-12/h1,3,5-7,9-10,19-20H,2,4,8,17H2,(H,18,21). The third-order valence-electron chi connectivity index (χ3n) is 3.09. The molecule has 0 atom stereocenters. The quantitative estimate of drug-likeness (QED) is 0.634. The van der Waals surface area contributed by atoms with Gasteiger partial charge in [-0.05, 0) is 55.3 Å². The maximum atomic E-state index is 12.1. The van der Waals surface area contributed by atoms with E-state index in [2.05, 4.69) is 5.32 Å². The van der Waals surface area contributed by atoms with E-state index in [0.717, 1.165) is 18.4 Å². The van der Waals surface area contributed by atoms with Crippen molar-refractivity contribution in [2.75, 3.05) is 11.9 Å². The fourth-order valence-electron chi connectivity index (χ4n) is 1.98. The molecule has 0 fully saturated rings. The summed E-state index contributed by atoms with van der Waals surface area (Å²) in [5, 5.41) is 21.4. The van der Waals surface area contributed by atoms with Gasteiger partial charge in [0, 0.05) is 11.3 Å². The normalized spacial score (nSPS) is 10.3. The largest absolute Gasteiger partial charge is 0.504 e. The Morgan fingerprint density at radius 3 is 2.62 bits per heavy atom. The lowest BCUT2D eigenvalue weighted by Crippen LogP contribution is -2.12. The Balaban J connectivity index is 2.10. The van der Waals surface area contributed by atoms with Crippen LogP contribution < -0.4 is 11.1 Å². The summed E-state index contributed by atoms with van der Waals surface area (Å²) in [7, 11) is 0. The summed E-state index contributed by atoms with van der Waals surface area (Å²) in [6.45, 7) is 0.628. The number of carbonyl (C=O) groups is 1. The predicted molar refractivity (Wildman–Crippen MR) is 81.5 cm³/mol. The zero-order valence-corrected chi connectivity index (χ0v) is 11.5. The Hall–Kier alpha value is -2.53. The molecule has 0 radical (unpaired) electrons. The number of anilines is 1. The Bertz CT molecular complexity index is 641. The van der Waals surface area contributed by atoms with Crippen LogP contribution in [-0.4, -0.2) is 22.7 Å². The number of hydrogen-bond acceptors (Lipinski definition) is 4. The van der Waals surface area contributed by atoms with E-state index < -0.39 is 0 Å². The van der Waals surface area contributed by atoms with Gasteiger partial charge in [0.05, 0.1) is 0 Å². The van der Waals surface area contributed by atoms with Gasteiger partial charge in [0.25, 0.3) is 5.91 Å². The third kappa shape index (κ3) is 3.97. The van der Waals surface area contributed by atoms with Gasteiger partial charge in [0.1, 0.15) is 0 Å². The fraction of sp³-hybridized carbons (Fsp3) is 0.188. The minimum absolute atomic E-state index is 0.254. The summed E-state index contributed by atoms with van der Waals surface area (Å²) >= 11 is 0. The average Bonchev–Trinajstić information content (AvgIpc) is 2.48. The number of phenolic OH excluding ortho intramolecular Hbond substituents is 2. The van der Waals surface area contributed by atoms with Crippen LogP contribution in [0.2, 0.25) is 0 Å². The van der Waals surface area contributed by atoms with E-state index in [4.69, 9.17) is 5.73 Å². The molecule has 0 bridgehead atoms. The van der Waals surface area contributed by atoms with Gasteiger partial charge in [0.2, 0.25) is 0 Å². The van der Waals surface area contributed by atoms with Crippen molar-refractivity contribution in [1.29, 1.82) is 0 Å². The molecule has 0 unspecified atom stereocenters. The second kappa shape index (κ2) is 6.76. The van der Waals surface area contributed by atoms with Crippen molar-refractivity contribution in [3.63, 3.8) is 0 Å². The molecule has 2 rings (SSSR count). The first-order valence-corrected chi connectivity index (χ1v) is 6.72. The number of benzene rings is 2. The molecule has 1 amide bonds. The molecule has 0 aliphatic heterocycles. The molecule has 5 nitrogen and oxygen atoms in total. The lowest BCUT2D eigenvalue weighted by Gasteiger charge is -2.08. The first-order chi connectivity index (χ1) is 10.1. The predicted octanol–water partition coefficient (Wildman–Crippen LogP) is 2.24. The second-order valence-electron chi connectivity index (χ2n) is 4.75. The van der Waals surface area contributed by atoms with Gasteiger partial charge in [-0.1, -0.05) is 12.1 Å². The Labute approximate surface area is 123 Å². The monoisotopic (exact) mass is 286 g/mol. The number of aryl methyl sites for hydroxylation is 1. The number of amides is 1. The van der Waals surface area contributed by atoms with E-state index >= 15 is 0 Å². The number of rotatable bonds is 5. The molecule has 0 aromatic heterocycles. The van der Waals surface area contributed by atoms with Crippen LogP contribution in [0.3, 0.4) is 0 Å². The van der Waals surface area contributed by atoms with Crippen LogP contribution in [-0.2, 0) is 6.42 Å². The van der Waals surface area contributed by atoms with E-state index in [0.29, 0.717) is 12.2 Å². The van der Waals surface area contributed by atoms with Gasteiger partial charge in [0.15, 0.2) is 11.5 Å². The zero-order chi connectivity index (χ0) is 15.2. The second-order valence-corrected chi connectivity index (χ2v) is 4.75. The van der Waals surface area contributed by atoms with E-state index in [1.54, 1.807) is 6.07 Å². The van der Waals surface area contributed by atoms with Crippen molar-refractivity contribution in [3.8, 4) is 11.5 Å². The molecule has 0 saturated heterocycles. The van der Waals surface area contributed by atoms with Crippen LogP contribution in [0, 0.1) is 0 Å². The van der Waals surface area contributed by atoms with Crippen molar-refractivity contribution >= 4 is 11.6 Å². The van der Waals surface area contributed by atoms with Crippen molar-refractivity contribution in [2.24, 2.45) is 5.73 Å². The molecule has 0 aliphatic carbocycles. The van der Waals surface area contributed by atoms with Gasteiger partial charge >= 0.3 is 0 Å². The number of phenols is 2. The van der Waals surface area contributed by atoms with Gasteiger partial charge in [-0.3, -0.25) is 4.79 Å². The van der Waals surface area contributed by atoms with Crippen LogP contribution >= 0.6 is 0 Å². The van der Waals surface area contributed by atoms with E-state index in [-0.39, 0.29) is 23.0 Å². The molecule has 0 spiro atoms. The summed E-state index contributed by atoms with van der Waals surface area (Å²) < 4.78 is 0. The van der Waals surface area contributed by atoms with Crippen molar-refractivity contribution in [3.05, 3.63) is 53.6 Å². The van der Waals surface area contributed by atoms with Crippen molar-refractivity contribution in [2.45, 2.75) is 12.8 Å². The van der Waals surface area contributed by atoms with Crippen molar-refractivity contribution in [1.82, 2.24) is 0 Å². The molecular formula is C16H18N2O3. The smallest absolute Gasteiger partial charge is 0.255 e. The van der Waals surface area contributed by atoms with Gasteiger partial charge in [-0.15, -0.1) is 0 Å². The Morgan fingerprint density at radius 2 is 1.90 bits per heavy atom. The molecular weight excluding hydrogens is 268 g/mol. The molecule has 5 heteroatoms. The van der Waals surface area contributed by atoms with Gasteiger partial charge in [-0.25, -0.2) is 0 Å². The first kappa shape index (κ1) is 14.9. The summed E-state index contributed by atoms with van der Waals surface area (Å²) in [5.41, 5.74) is 7.55. The topological polar surface area (TPSA) is 95.6 Å². The first-order valence-electron chi connectivity index (χ1n) is 6.72. The minimum Gasteiger partial charge on any atom is -0.504 e. The van der Waals surface area contributed by atoms with Crippen LogP contribution in [0.1, 0.15) is 22.3 Å². The highest BCUT2D eigenvalue weighted by molar-refractivity contribution is 6.04. The number of carbonyl (C=O) groups excluding carboxylic acids is 1. The maximum Gasteiger partial charge on any atom is 0.255 e. The van der Waals surface area contributed by atoms with Crippen molar-refractivity contribution < 1.29 is 15.0 Å². The molecule has 110 valence electrons. The number of nitrogens with two attached hydrogens (primary N) is 1. The van der Waals surface area contributed by atoms with E-state index in [1.807, 2.05) is 18.2 Å². The number of aromatic hydroxyl groups is 2. The molecule has 0 aliphatic rings. The highest BCUT2D eigenvalue weighted by atomic mass is 16.3. The van der Waals surface area contributed by atoms with Crippen LogP contribution in [0.4, 0.5) is 5.69 Å². The summed E-state index contributed by atoms with van der Waals surface area (Å²) in [6.07, 6.45) is 1.75. The van der Waals surface area contributed by atoms with Crippen LogP contribution in [0.5, 0.6) is 11.5 Å². The lowest BCUT2D eigenvalue weighted by molar-refractivity contribution is 0.102. The molecule has 5 N–H and O–H groups in total. The third-order valence-corrected chi connectivity index (χ3v) is 3.09.